The molecule has 2 aromatic rings. The molecule has 160 valence electrons. The number of nitrogens with zero attached hydrogens (tertiary/aromatic N) is 1. The van der Waals surface area contributed by atoms with E-state index in [9.17, 15) is 9.59 Å². The predicted octanol–water partition coefficient (Wildman–Crippen LogP) is 4.05. The number of aryl methyl sites for hydroxylation is 2. The molecule has 1 saturated heterocycles. The third-order valence-corrected chi connectivity index (χ3v) is 6.13. The van der Waals surface area contributed by atoms with Crippen molar-refractivity contribution in [3.63, 3.8) is 0 Å². The van der Waals surface area contributed by atoms with Crippen LogP contribution >= 0.6 is 11.8 Å². The molecule has 1 heterocycles. The zero-order chi connectivity index (χ0) is 21.5. The molecule has 6 nitrogen and oxygen atoms in total. The standard InChI is InChI=1S/C23H28N2O4S/c1-16-4-6-19(14-17(16)2)30-13-8-22(26)24-21-7-5-18(15-20(21)23(27)28-3)25-9-11-29-12-10-25/h4-7,14-15H,8-13H2,1-3H3,(H,24,26). The highest BCUT2D eigenvalue weighted by molar-refractivity contribution is 7.99. The van der Waals surface area contributed by atoms with Crippen molar-refractivity contribution in [2.75, 3.05) is 49.4 Å². The maximum atomic E-state index is 12.5. The molecule has 2 aromatic carbocycles. The molecule has 0 unspecified atom stereocenters. The summed E-state index contributed by atoms with van der Waals surface area (Å²) in [5.74, 6) is 0.0637. The number of nitrogens with one attached hydrogen (secondary N) is 1. The van der Waals surface area contributed by atoms with Crippen LogP contribution in [-0.4, -0.2) is 51.0 Å². The summed E-state index contributed by atoms with van der Waals surface area (Å²) in [7, 11) is 1.34. The lowest BCUT2D eigenvalue weighted by atomic mass is 10.1. The fourth-order valence-corrected chi connectivity index (χ4v) is 4.16. The summed E-state index contributed by atoms with van der Waals surface area (Å²) in [5, 5.41) is 2.87. The van der Waals surface area contributed by atoms with Crippen LogP contribution in [0.1, 0.15) is 27.9 Å². The van der Waals surface area contributed by atoms with E-state index < -0.39 is 5.97 Å². The summed E-state index contributed by atoms with van der Waals surface area (Å²) in [6, 6.07) is 11.8. The van der Waals surface area contributed by atoms with Crippen molar-refractivity contribution in [3.05, 3.63) is 53.1 Å². The summed E-state index contributed by atoms with van der Waals surface area (Å²) in [5.41, 5.74) is 4.25. The zero-order valence-corrected chi connectivity index (χ0v) is 18.5. The van der Waals surface area contributed by atoms with Gasteiger partial charge in [0.2, 0.25) is 5.91 Å². The molecule has 0 atom stereocenters. The van der Waals surface area contributed by atoms with Crippen LogP contribution in [-0.2, 0) is 14.3 Å². The quantitative estimate of drug-likeness (QED) is 0.530. The number of hydrogen-bond donors (Lipinski definition) is 1. The molecule has 1 fully saturated rings. The molecule has 3 rings (SSSR count). The van der Waals surface area contributed by atoms with E-state index in [1.54, 1.807) is 23.9 Å². The number of anilines is 2. The molecule has 0 saturated carbocycles. The largest absolute Gasteiger partial charge is 0.465 e. The van der Waals surface area contributed by atoms with E-state index in [-0.39, 0.29) is 5.91 Å². The minimum atomic E-state index is -0.468. The molecule has 0 spiro atoms. The Morgan fingerprint density at radius 3 is 2.57 bits per heavy atom. The molecule has 7 heteroatoms. The summed E-state index contributed by atoms with van der Waals surface area (Å²) in [6.45, 7) is 7.01. The van der Waals surface area contributed by atoms with Gasteiger partial charge in [0, 0.05) is 35.8 Å². The van der Waals surface area contributed by atoms with Gasteiger partial charge in [-0.3, -0.25) is 4.79 Å². The third-order valence-electron chi connectivity index (χ3n) is 5.14. The van der Waals surface area contributed by atoms with Gasteiger partial charge in [-0.15, -0.1) is 11.8 Å². The third kappa shape index (κ3) is 5.77. The van der Waals surface area contributed by atoms with Crippen molar-refractivity contribution in [1.29, 1.82) is 0 Å². The van der Waals surface area contributed by atoms with Crippen LogP contribution in [0.2, 0.25) is 0 Å². The number of methoxy groups -OCH3 is 1. The molecule has 0 bridgehead atoms. The van der Waals surface area contributed by atoms with Crippen molar-refractivity contribution in [1.82, 2.24) is 0 Å². The first-order valence-corrected chi connectivity index (χ1v) is 11.0. The topological polar surface area (TPSA) is 67.9 Å². The Balaban J connectivity index is 1.62. The van der Waals surface area contributed by atoms with E-state index in [1.807, 2.05) is 6.07 Å². The van der Waals surface area contributed by atoms with Crippen LogP contribution in [0.5, 0.6) is 0 Å². The number of ether oxygens (including phenoxy) is 2. The van der Waals surface area contributed by atoms with E-state index in [0.717, 1.165) is 23.7 Å². The molecule has 1 N–H and O–H groups in total. The van der Waals surface area contributed by atoms with Crippen molar-refractivity contribution in [2.45, 2.75) is 25.2 Å². The number of esters is 1. The van der Waals surface area contributed by atoms with Crippen LogP contribution in [0.3, 0.4) is 0 Å². The lowest BCUT2D eigenvalue weighted by molar-refractivity contribution is -0.115. The lowest BCUT2D eigenvalue weighted by Crippen LogP contribution is -2.36. The van der Waals surface area contributed by atoms with Crippen LogP contribution < -0.4 is 10.2 Å². The van der Waals surface area contributed by atoms with Gasteiger partial charge in [-0.1, -0.05) is 6.07 Å². The highest BCUT2D eigenvalue weighted by Crippen LogP contribution is 2.26. The highest BCUT2D eigenvalue weighted by Gasteiger charge is 2.18. The normalized spacial score (nSPS) is 13.8. The van der Waals surface area contributed by atoms with Crippen LogP contribution in [0.15, 0.2) is 41.3 Å². The average Bonchev–Trinajstić information content (AvgIpc) is 2.76. The van der Waals surface area contributed by atoms with Crippen molar-refractivity contribution in [2.24, 2.45) is 0 Å². The van der Waals surface area contributed by atoms with E-state index in [0.29, 0.717) is 36.6 Å². The Bertz CT molecular complexity index is 910. The molecular formula is C23H28N2O4S. The van der Waals surface area contributed by atoms with Crippen LogP contribution in [0, 0.1) is 13.8 Å². The van der Waals surface area contributed by atoms with Crippen LogP contribution in [0.4, 0.5) is 11.4 Å². The SMILES string of the molecule is COC(=O)c1cc(N2CCOCC2)ccc1NC(=O)CCSc1ccc(C)c(C)c1. The Kier molecular flexibility index (Phi) is 7.76. The maximum absolute atomic E-state index is 12.5. The van der Waals surface area contributed by atoms with E-state index in [4.69, 9.17) is 9.47 Å². The van der Waals surface area contributed by atoms with Crippen molar-refractivity contribution >= 4 is 35.0 Å². The maximum Gasteiger partial charge on any atom is 0.340 e. The van der Waals surface area contributed by atoms with Crippen LogP contribution in [0.25, 0.3) is 0 Å². The molecular weight excluding hydrogens is 400 g/mol. The molecule has 0 aromatic heterocycles. The van der Waals surface area contributed by atoms with E-state index in [1.165, 1.54) is 18.2 Å². The average molecular weight is 429 g/mol. The first-order chi connectivity index (χ1) is 14.5. The summed E-state index contributed by atoms with van der Waals surface area (Å²) in [4.78, 5) is 28.1. The predicted molar refractivity (Wildman–Crippen MR) is 121 cm³/mol. The van der Waals surface area contributed by atoms with Gasteiger partial charge in [0.25, 0.3) is 0 Å². The number of hydrogen-bond acceptors (Lipinski definition) is 6. The van der Waals surface area contributed by atoms with Crippen molar-refractivity contribution in [3.8, 4) is 0 Å². The number of thioether (sulfide) groups is 1. The minimum absolute atomic E-state index is 0.129. The number of rotatable bonds is 7. The zero-order valence-electron chi connectivity index (χ0n) is 17.7. The van der Waals surface area contributed by atoms with Gasteiger partial charge in [0.15, 0.2) is 0 Å². The minimum Gasteiger partial charge on any atom is -0.465 e. The Labute approximate surface area is 181 Å². The monoisotopic (exact) mass is 428 g/mol. The summed E-state index contributed by atoms with van der Waals surface area (Å²) >= 11 is 1.65. The van der Waals surface area contributed by atoms with Gasteiger partial charge < -0.3 is 19.7 Å². The van der Waals surface area contributed by atoms with Gasteiger partial charge in [0.05, 0.1) is 31.6 Å². The van der Waals surface area contributed by atoms with E-state index >= 15 is 0 Å². The molecule has 0 radical (unpaired) electrons. The number of carbonyl (C=O) groups excluding carboxylic acids is 2. The van der Waals surface area contributed by atoms with Crippen molar-refractivity contribution < 1.29 is 19.1 Å². The van der Waals surface area contributed by atoms with Gasteiger partial charge >= 0.3 is 5.97 Å². The Morgan fingerprint density at radius 2 is 1.87 bits per heavy atom. The Hall–Kier alpha value is -2.51. The number of benzene rings is 2. The van der Waals surface area contributed by atoms with Gasteiger partial charge in [-0.2, -0.15) is 0 Å². The molecule has 0 aliphatic carbocycles. The van der Waals surface area contributed by atoms with Gasteiger partial charge in [0.1, 0.15) is 0 Å². The second kappa shape index (κ2) is 10.5. The smallest absolute Gasteiger partial charge is 0.340 e. The highest BCUT2D eigenvalue weighted by atomic mass is 32.2. The lowest BCUT2D eigenvalue weighted by Gasteiger charge is -2.29. The first kappa shape index (κ1) is 22.2. The second-order valence-corrected chi connectivity index (χ2v) is 8.38. The van der Waals surface area contributed by atoms with Gasteiger partial charge in [-0.05, 0) is 55.3 Å². The summed E-state index contributed by atoms with van der Waals surface area (Å²) in [6.07, 6.45) is 0.351. The molecule has 1 aliphatic heterocycles. The second-order valence-electron chi connectivity index (χ2n) is 7.21. The molecule has 30 heavy (non-hydrogen) atoms. The fraction of sp³-hybridized carbons (Fsp3) is 0.391. The van der Waals surface area contributed by atoms with Gasteiger partial charge in [-0.25, -0.2) is 4.79 Å². The number of morpholine rings is 1. The molecule has 1 amide bonds. The number of amides is 1. The molecule has 1 aliphatic rings. The Morgan fingerprint density at radius 1 is 1.10 bits per heavy atom. The first-order valence-electron chi connectivity index (χ1n) is 10.0. The fourth-order valence-electron chi connectivity index (χ4n) is 3.22. The number of carbonyl (C=O) groups is 2. The summed E-state index contributed by atoms with van der Waals surface area (Å²) < 4.78 is 10.3. The van der Waals surface area contributed by atoms with E-state index in [2.05, 4.69) is 42.3 Å².